The van der Waals surface area contributed by atoms with Crippen molar-refractivity contribution in [1.29, 1.82) is 0 Å². The summed E-state index contributed by atoms with van der Waals surface area (Å²) < 4.78 is 37.0. The molecule has 1 N–H and O–H groups in total. The second-order valence-corrected chi connectivity index (χ2v) is 7.45. The summed E-state index contributed by atoms with van der Waals surface area (Å²) in [6, 6.07) is 9.42. The van der Waals surface area contributed by atoms with Crippen LogP contribution in [-0.2, 0) is 15.5 Å². The van der Waals surface area contributed by atoms with Crippen LogP contribution in [0, 0.1) is 0 Å². The van der Waals surface area contributed by atoms with E-state index in [0.29, 0.717) is 5.56 Å². The Kier molecular flexibility index (Phi) is 4.91. The number of hydrogen-bond donors (Lipinski definition) is 1. The van der Waals surface area contributed by atoms with Crippen molar-refractivity contribution in [3.63, 3.8) is 0 Å². The molecular formula is C16H17N2O5S-. The molecule has 8 heteroatoms. The number of carbonyl (C=O) groups is 1. The topological polar surface area (TPSA) is 112 Å². The van der Waals surface area contributed by atoms with Gasteiger partial charge in [-0.2, -0.15) is 5.10 Å². The van der Waals surface area contributed by atoms with E-state index in [0.717, 1.165) is 17.8 Å². The molecule has 0 spiro atoms. The van der Waals surface area contributed by atoms with Crippen LogP contribution in [0.4, 0.5) is 0 Å². The first-order valence-electron chi connectivity index (χ1n) is 7.07. The molecule has 7 nitrogen and oxygen atoms in total. The molecule has 0 bridgehead atoms. The SMILES string of the molecule is CC(C)(C)c1ccc(C(=O)N/N=C\c2ccc(S(=O)(=O)[O-])o2)cc1. The summed E-state index contributed by atoms with van der Waals surface area (Å²) in [5.41, 5.74) is 3.82. The van der Waals surface area contributed by atoms with Gasteiger partial charge in [-0.15, -0.1) is 0 Å². The molecule has 128 valence electrons. The van der Waals surface area contributed by atoms with Gasteiger partial charge in [-0.05, 0) is 35.2 Å². The van der Waals surface area contributed by atoms with Crippen molar-refractivity contribution in [2.24, 2.45) is 5.10 Å². The summed E-state index contributed by atoms with van der Waals surface area (Å²) in [6.07, 6.45) is 1.11. The van der Waals surface area contributed by atoms with E-state index in [1.54, 1.807) is 12.1 Å². The first-order valence-corrected chi connectivity index (χ1v) is 8.48. The number of hydrogen-bond acceptors (Lipinski definition) is 6. The molecule has 0 saturated carbocycles. The Hall–Kier alpha value is -2.45. The van der Waals surface area contributed by atoms with Crippen LogP contribution < -0.4 is 5.43 Å². The van der Waals surface area contributed by atoms with Crippen molar-refractivity contribution >= 4 is 22.2 Å². The van der Waals surface area contributed by atoms with Crippen LogP contribution in [-0.4, -0.2) is 25.1 Å². The molecule has 0 aliphatic rings. The Morgan fingerprint density at radius 1 is 1.17 bits per heavy atom. The van der Waals surface area contributed by atoms with Crippen molar-refractivity contribution in [1.82, 2.24) is 5.43 Å². The number of furan rings is 1. The molecule has 0 radical (unpaired) electrons. The van der Waals surface area contributed by atoms with Crippen LogP contribution in [0.5, 0.6) is 0 Å². The van der Waals surface area contributed by atoms with Crippen molar-refractivity contribution in [3.8, 4) is 0 Å². The van der Waals surface area contributed by atoms with Crippen LogP contribution in [0.1, 0.15) is 42.5 Å². The standard InChI is InChI=1S/C16H18N2O5S/c1-16(2,3)12-6-4-11(5-7-12)15(19)18-17-10-13-8-9-14(23-13)24(20,21)22/h4-10H,1-3H3,(H,18,19)(H,20,21,22)/p-1/b17-10-. The molecular weight excluding hydrogens is 332 g/mol. The summed E-state index contributed by atoms with van der Waals surface area (Å²) in [7, 11) is -4.65. The lowest BCUT2D eigenvalue weighted by molar-refractivity contribution is 0.0955. The maximum Gasteiger partial charge on any atom is 0.271 e. The highest BCUT2D eigenvalue weighted by Gasteiger charge is 2.14. The average molecular weight is 349 g/mol. The predicted octanol–water partition coefficient (Wildman–Crippen LogP) is 2.25. The first-order chi connectivity index (χ1) is 11.1. The van der Waals surface area contributed by atoms with Crippen molar-refractivity contribution < 1.29 is 22.2 Å². The van der Waals surface area contributed by atoms with E-state index in [2.05, 4.69) is 31.3 Å². The number of carbonyl (C=O) groups excluding carboxylic acids is 1. The molecule has 2 aromatic rings. The van der Waals surface area contributed by atoms with Gasteiger partial charge in [0.2, 0.25) is 5.09 Å². The van der Waals surface area contributed by atoms with Gasteiger partial charge in [0.05, 0.1) is 6.21 Å². The summed E-state index contributed by atoms with van der Waals surface area (Å²) in [4.78, 5) is 12.0. The lowest BCUT2D eigenvalue weighted by atomic mass is 9.87. The highest BCUT2D eigenvalue weighted by atomic mass is 32.2. The van der Waals surface area contributed by atoms with Crippen molar-refractivity contribution in [2.75, 3.05) is 0 Å². The largest absolute Gasteiger partial charge is 0.742 e. The maximum absolute atomic E-state index is 12.0. The number of nitrogens with one attached hydrogen (secondary N) is 1. The summed E-state index contributed by atoms with van der Waals surface area (Å²) in [5, 5.41) is 2.97. The molecule has 0 atom stereocenters. The number of nitrogens with zero attached hydrogens (tertiary/aromatic N) is 1. The Balaban J connectivity index is 2.01. The second kappa shape index (κ2) is 6.58. The van der Waals surface area contributed by atoms with Gasteiger partial charge in [-0.25, -0.2) is 13.8 Å². The normalized spacial score (nSPS) is 12.5. The fourth-order valence-corrected chi connectivity index (χ4v) is 2.31. The zero-order valence-corrected chi connectivity index (χ0v) is 14.3. The van der Waals surface area contributed by atoms with Crippen LogP contribution in [0.3, 0.4) is 0 Å². The number of amides is 1. The fourth-order valence-electron chi connectivity index (χ4n) is 1.88. The smallest absolute Gasteiger partial charge is 0.271 e. The molecule has 24 heavy (non-hydrogen) atoms. The van der Waals surface area contributed by atoms with E-state index in [1.165, 1.54) is 6.07 Å². The Labute approximate surface area is 140 Å². The van der Waals surface area contributed by atoms with E-state index in [-0.39, 0.29) is 11.2 Å². The molecule has 0 aliphatic carbocycles. The number of benzene rings is 1. The Morgan fingerprint density at radius 3 is 2.29 bits per heavy atom. The summed E-state index contributed by atoms with van der Waals surface area (Å²) >= 11 is 0. The fraction of sp³-hybridized carbons (Fsp3) is 0.250. The quantitative estimate of drug-likeness (QED) is 0.517. The minimum Gasteiger partial charge on any atom is -0.742 e. The van der Waals surface area contributed by atoms with E-state index < -0.39 is 21.1 Å². The lowest BCUT2D eigenvalue weighted by Crippen LogP contribution is -2.18. The lowest BCUT2D eigenvalue weighted by Gasteiger charge is -2.18. The van der Waals surface area contributed by atoms with Gasteiger partial charge in [0.25, 0.3) is 5.91 Å². The third-order valence-electron chi connectivity index (χ3n) is 3.22. The van der Waals surface area contributed by atoms with Gasteiger partial charge >= 0.3 is 0 Å². The van der Waals surface area contributed by atoms with Crippen LogP contribution in [0.15, 0.2) is 51.0 Å². The number of hydrazone groups is 1. The third-order valence-corrected chi connectivity index (χ3v) is 3.93. The van der Waals surface area contributed by atoms with Gasteiger partial charge in [-0.1, -0.05) is 32.9 Å². The van der Waals surface area contributed by atoms with E-state index in [4.69, 9.17) is 4.42 Å². The van der Waals surface area contributed by atoms with E-state index >= 15 is 0 Å². The average Bonchev–Trinajstić information content (AvgIpc) is 2.95. The molecule has 2 rings (SSSR count). The highest BCUT2D eigenvalue weighted by Crippen LogP contribution is 2.22. The minimum absolute atomic E-state index is 0.00788. The predicted molar refractivity (Wildman–Crippen MR) is 86.9 cm³/mol. The molecule has 0 aliphatic heterocycles. The molecule has 0 fully saturated rings. The maximum atomic E-state index is 12.0. The molecule has 0 unspecified atom stereocenters. The minimum atomic E-state index is -4.65. The van der Waals surface area contributed by atoms with E-state index in [9.17, 15) is 17.8 Å². The molecule has 0 saturated heterocycles. The summed E-state index contributed by atoms with van der Waals surface area (Å²) in [5.74, 6) is -0.386. The Bertz CT molecular complexity index is 859. The highest BCUT2D eigenvalue weighted by molar-refractivity contribution is 7.85. The first kappa shape index (κ1) is 17.9. The molecule has 1 amide bonds. The molecule has 1 heterocycles. The van der Waals surface area contributed by atoms with Crippen molar-refractivity contribution in [2.45, 2.75) is 31.3 Å². The van der Waals surface area contributed by atoms with Crippen LogP contribution >= 0.6 is 0 Å². The molecule has 1 aromatic carbocycles. The van der Waals surface area contributed by atoms with Crippen LogP contribution in [0.2, 0.25) is 0 Å². The zero-order valence-electron chi connectivity index (χ0n) is 13.4. The van der Waals surface area contributed by atoms with Gasteiger partial charge in [0.1, 0.15) is 5.76 Å². The van der Waals surface area contributed by atoms with Gasteiger partial charge in [0, 0.05) is 5.56 Å². The van der Waals surface area contributed by atoms with Crippen molar-refractivity contribution in [3.05, 3.63) is 53.3 Å². The number of rotatable bonds is 4. The van der Waals surface area contributed by atoms with Gasteiger partial charge < -0.3 is 8.97 Å². The monoisotopic (exact) mass is 349 g/mol. The van der Waals surface area contributed by atoms with Gasteiger partial charge in [0.15, 0.2) is 10.1 Å². The zero-order chi connectivity index (χ0) is 18.0. The second-order valence-electron chi connectivity index (χ2n) is 6.14. The third kappa shape index (κ3) is 4.53. The van der Waals surface area contributed by atoms with E-state index in [1.807, 2.05) is 12.1 Å². The Morgan fingerprint density at radius 2 is 1.79 bits per heavy atom. The molecule has 1 aromatic heterocycles. The van der Waals surface area contributed by atoms with Gasteiger partial charge in [-0.3, -0.25) is 4.79 Å². The summed E-state index contributed by atoms with van der Waals surface area (Å²) in [6.45, 7) is 6.23. The van der Waals surface area contributed by atoms with Crippen LogP contribution in [0.25, 0.3) is 0 Å².